The number of amides is 1. The molecular formula is C28H34N2O8. The van der Waals surface area contributed by atoms with Crippen LogP contribution in [-0.2, 0) is 4.79 Å². The largest absolute Gasteiger partial charge is 0.504 e. The van der Waals surface area contributed by atoms with Gasteiger partial charge in [-0.1, -0.05) is 12.1 Å². The lowest BCUT2D eigenvalue weighted by atomic mass is 9.91. The number of hydrogen-bond acceptors (Lipinski definition) is 9. The molecule has 204 valence electrons. The zero-order valence-electron chi connectivity index (χ0n) is 22.4. The van der Waals surface area contributed by atoms with E-state index in [1.807, 2.05) is 37.2 Å². The van der Waals surface area contributed by atoms with Crippen LogP contribution < -0.4 is 25.0 Å². The zero-order valence-corrected chi connectivity index (χ0v) is 22.4. The van der Waals surface area contributed by atoms with Gasteiger partial charge in [-0.2, -0.15) is 0 Å². The van der Waals surface area contributed by atoms with Gasteiger partial charge in [0.15, 0.2) is 28.8 Å². The molecule has 0 bridgehead atoms. The van der Waals surface area contributed by atoms with Crippen molar-refractivity contribution in [3.8, 4) is 28.7 Å². The molecule has 0 aliphatic heterocycles. The summed E-state index contributed by atoms with van der Waals surface area (Å²) in [5.41, 5.74) is 0.819. The number of aromatic hydroxyl groups is 2. The van der Waals surface area contributed by atoms with E-state index in [1.54, 1.807) is 33.3 Å². The van der Waals surface area contributed by atoms with E-state index in [1.165, 1.54) is 19.2 Å². The van der Waals surface area contributed by atoms with E-state index in [-0.39, 0.29) is 42.2 Å². The number of carbonyl (C=O) groups excluding carboxylic acids is 1. The second kappa shape index (κ2) is 12.4. The highest BCUT2D eigenvalue weighted by molar-refractivity contribution is 5.77. The average Bonchev–Trinajstić information content (AvgIpc) is 2.89. The van der Waals surface area contributed by atoms with Gasteiger partial charge in [0.25, 0.3) is 0 Å². The first-order chi connectivity index (χ1) is 18.1. The average molecular weight is 527 g/mol. The van der Waals surface area contributed by atoms with Crippen LogP contribution in [0.5, 0.6) is 28.7 Å². The Morgan fingerprint density at radius 3 is 2.21 bits per heavy atom. The number of ether oxygens (including phenoxy) is 3. The van der Waals surface area contributed by atoms with Crippen molar-refractivity contribution >= 4 is 5.91 Å². The minimum absolute atomic E-state index is 0.0399. The SMILES string of the molecule is COc1cc([C@H](CC(=O)NC[C@H](c2ccc(OC)c(OC)c2)N(C)C)c2oc(C)cc(=O)c2O)ccc1O. The summed E-state index contributed by atoms with van der Waals surface area (Å²) < 4.78 is 21.7. The Hall–Kier alpha value is -4.18. The van der Waals surface area contributed by atoms with Crippen LogP contribution in [0.1, 0.15) is 41.0 Å². The normalized spacial score (nSPS) is 12.6. The third kappa shape index (κ3) is 6.38. The molecule has 0 aliphatic rings. The summed E-state index contributed by atoms with van der Waals surface area (Å²) in [5.74, 6) is -0.201. The van der Waals surface area contributed by atoms with Gasteiger partial charge in [-0.25, -0.2) is 0 Å². The molecule has 1 heterocycles. The fraction of sp³-hybridized carbons (Fsp3) is 0.357. The molecule has 10 heteroatoms. The van der Waals surface area contributed by atoms with Crippen molar-refractivity contribution in [2.45, 2.75) is 25.3 Å². The van der Waals surface area contributed by atoms with Crippen LogP contribution in [0.15, 0.2) is 51.7 Å². The van der Waals surface area contributed by atoms with Crippen molar-refractivity contribution in [2.24, 2.45) is 0 Å². The Labute approximate surface area is 221 Å². The van der Waals surface area contributed by atoms with Gasteiger partial charge in [-0.3, -0.25) is 9.59 Å². The number of benzene rings is 2. The Kier molecular flexibility index (Phi) is 9.25. The highest BCUT2D eigenvalue weighted by atomic mass is 16.5. The molecular weight excluding hydrogens is 492 g/mol. The van der Waals surface area contributed by atoms with Gasteiger partial charge < -0.3 is 39.1 Å². The molecule has 0 spiro atoms. The Bertz CT molecular complexity index is 1330. The second-order valence-corrected chi connectivity index (χ2v) is 9.02. The minimum Gasteiger partial charge on any atom is -0.504 e. The molecule has 0 saturated heterocycles. The second-order valence-electron chi connectivity index (χ2n) is 9.02. The van der Waals surface area contributed by atoms with Crippen molar-refractivity contribution in [2.75, 3.05) is 42.0 Å². The molecule has 3 N–H and O–H groups in total. The lowest BCUT2D eigenvalue weighted by molar-refractivity contribution is -0.121. The monoisotopic (exact) mass is 526 g/mol. The lowest BCUT2D eigenvalue weighted by Crippen LogP contribution is -2.35. The summed E-state index contributed by atoms with van der Waals surface area (Å²) in [5, 5.41) is 23.5. The molecule has 0 fully saturated rings. The van der Waals surface area contributed by atoms with Gasteiger partial charge in [0.05, 0.1) is 33.3 Å². The number of nitrogens with zero attached hydrogens (tertiary/aromatic N) is 1. The molecule has 3 rings (SSSR count). The first kappa shape index (κ1) is 28.4. The number of methoxy groups -OCH3 is 3. The van der Waals surface area contributed by atoms with E-state index in [0.717, 1.165) is 5.56 Å². The van der Waals surface area contributed by atoms with E-state index in [0.29, 0.717) is 22.8 Å². The van der Waals surface area contributed by atoms with Gasteiger partial charge in [-0.15, -0.1) is 0 Å². The quantitative estimate of drug-likeness (QED) is 0.344. The van der Waals surface area contributed by atoms with Gasteiger partial charge in [-0.05, 0) is 56.4 Å². The third-order valence-corrected chi connectivity index (χ3v) is 6.29. The van der Waals surface area contributed by atoms with Crippen molar-refractivity contribution in [3.63, 3.8) is 0 Å². The molecule has 3 aromatic rings. The van der Waals surface area contributed by atoms with Crippen LogP contribution >= 0.6 is 0 Å². The van der Waals surface area contributed by atoms with E-state index >= 15 is 0 Å². The molecule has 38 heavy (non-hydrogen) atoms. The maximum atomic E-state index is 13.2. The number of rotatable bonds is 11. The van der Waals surface area contributed by atoms with Gasteiger partial charge in [0.1, 0.15) is 5.76 Å². The van der Waals surface area contributed by atoms with Crippen LogP contribution in [0.25, 0.3) is 0 Å². The summed E-state index contributed by atoms with van der Waals surface area (Å²) in [4.78, 5) is 27.5. The summed E-state index contributed by atoms with van der Waals surface area (Å²) in [6.45, 7) is 1.86. The lowest BCUT2D eigenvalue weighted by Gasteiger charge is -2.26. The van der Waals surface area contributed by atoms with Gasteiger partial charge in [0.2, 0.25) is 17.1 Å². The highest BCUT2D eigenvalue weighted by Crippen LogP contribution is 2.37. The van der Waals surface area contributed by atoms with Crippen molar-refractivity contribution in [3.05, 3.63) is 75.3 Å². The number of likely N-dealkylation sites (N-methyl/N-ethyl adjacent to an activating group) is 1. The molecule has 0 aliphatic carbocycles. The van der Waals surface area contributed by atoms with E-state index in [9.17, 15) is 19.8 Å². The molecule has 1 amide bonds. The third-order valence-electron chi connectivity index (χ3n) is 6.29. The molecule has 0 saturated carbocycles. The Morgan fingerprint density at radius 1 is 0.947 bits per heavy atom. The summed E-state index contributed by atoms with van der Waals surface area (Å²) in [6, 6.07) is 11.1. The number of phenolic OH excluding ortho intramolecular Hbond substituents is 1. The van der Waals surface area contributed by atoms with E-state index in [4.69, 9.17) is 18.6 Å². The van der Waals surface area contributed by atoms with Crippen LogP contribution in [0.3, 0.4) is 0 Å². The Morgan fingerprint density at radius 2 is 1.58 bits per heavy atom. The number of hydrogen-bond donors (Lipinski definition) is 3. The molecule has 2 aromatic carbocycles. The fourth-order valence-corrected chi connectivity index (χ4v) is 4.26. The number of phenols is 1. The molecule has 1 aromatic heterocycles. The number of nitrogens with one attached hydrogen (secondary N) is 1. The minimum atomic E-state index is -0.823. The number of aryl methyl sites for hydroxylation is 1. The van der Waals surface area contributed by atoms with E-state index < -0.39 is 17.1 Å². The highest BCUT2D eigenvalue weighted by Gasteiger charge is 2.27. The van der Waals surface area contributed by atoms with Crippen LogP contribution in [-0.4, -0.2) is 63.0 Å². The van der Waals surface area contributed by atoms with Crippen molar-refractivity contribution in [1.29, 1.82) is 0 Å². The molecule has 0 radical (unpaired) electrons. The first-order valence-electron chi connectivity index (χ1n) is 11.9. The maximum absolute atomic E-state index is 13.2. The fourth-order valence-electron chi connectivity index (χ4n) is 4.26. The predicted molar refractivity (Wildman–Crippen MR) is 141 cm³/mol. The van der Waals surface area contributed by atoms with Gasteiger partial charge in [0, 0.05) is 19.0 Å². The zero-order chi connectivity index (χ0) is 28.0. The summed E-state index contributed by atoms with van der Waals surface area (Å²) >= 11 is 0. The molecule has 0 unspecified atom stereocenters. The maximum Gasteiger partial charge on any atom is 0.227 e. The van der Waals surface area contributed by atoms with Crippen molar-refractivity contribution < 1.29 is 33.6 Å². The van der Waals surface area contributed by atoms with E-state index in [2.05, 4.69) is 5.32 Å². The van der Waals surface area contributed by atoms with Crippen molar-refractivity contribution in [1.82, 2.24) is 10.2 Å². The van der Waals surface area contributed by atoms with Crippen LogP contribution in [0.4, 0.5) is 0 Å². The standard InChI is InChI=1S/C28H34N2O8/c1-16-11-22(32)27(34)28(38-16)19(17-7-9-21(31)24(12-17)36-5)14-26(33)29-15-20(30(2)3)18-8-10-23(35-4)25(13-18)37-6/h7-13,19-20,31,34H,14-15H2,1-6H3,(H,29,33)/t19-,20+/m0/s1. The summed E-state index contributed by atoms with van der Waals surface area (Å²) in [6.07, 6.45) is -0.139. The topological polar surface area (TPSA) is 131 Å². The first-order valence-corrected chi connectivity index (χ1v) is 11.9. The van der Waals surface area contributed by atoms with Gasteiger partial charge >= 0.3 is 0 Å². The smallest absolute Gasteiger partial charge is 0.227 e. The van der Waals surface area contributed by atoms with Crippen LogP contribution in [0.2, 0.25) is 0 Å². The Balaban J connectivity index is 1.90. The molecule has 2 atom stereocenters. The van der Waals surface area contributed by atoms with Crippen LogP contribution in [0, 0.1) is 6.92 Å². The predicted octanol–water partition coefficient (Wildman–Crippen LogP) is 3.33. The number of carbonyl (C=O) groups is 1. The summed E-state index contributed by atoms with van der Waals surface area (Å²) in [7, 11) is 8.33. The molecule has 10 nitrogen and oxygen atoms in total.